The number of ether oxygens (including phenoxy) is 1. The van der Waals surface area contributed by atoms with Crippen LogP contribution in [0.15, 0.2) is 30.5 Å². The van der Waals surface area contributed by atoms with Crippen LogP contribution in [0, 0.1) is 11.3 Å². The summed E-state index contributed by atoms with van der Waals surface area (Å²) in [7, 11) is -4.56. The van der Waals surface area contributed by atoms with Crippen molar-refractivity contribution in [1.29, 1.82) is 0 Å². The zero-order valence-corrected chi connectivity index (χ0v) is 21.4. The number of nitrogens with one attached hydrogen (secondary N) is 3. The van der Waals surface area contributed by atoms with Crippen LogP contribution < -0.4 is 10.4 Å². The number of fused-ring (bicyclic) bond motifs is 1. The van der Waals surface area contributed by atoms with Crippen molar-refractivity contribution in [3.63, 3.8) is 0 Å². The summed E-state index contributed by atoms with van der Waals surface area (Å²) >= 11 is 0. The largest absolute Gasteiger partial charge is 0.480 e. The van der Waals surface area contributed by atoms with Gasteiger partial charge in [-0.2, -0.15) is 0 Å². The van der Waals surface area contributed by atoms with Crippen molar-refractivity contribution in [2.75, 3.05) is 6.79 Å². The van der Waals surface area contributed by atoms with E-state index in [1.807, 2.05) is 24.3 Å². The first kappa shape index (κ1) is 28.5. The van der Waals surface area contributed by atoms with Gasteiger partial charge in [0, 0.05) is 23.5 Å². The Morgan fingerprint density at radius 3 is 2.40 bits per heavy atom. The average Bonchev–Trinajstić information content (AvgIpc) is 3.14. The first-order valence-electron chi connectivity index (χ1n) is 11.2. The summed E-state index contributed by atoms with van der Waals surface area (Å²) in [4.78, 5) is 49.9. The second-order valence-corrected chi connectivity index (χ2v) is 11.3. The Morgan fingerprint density at radius 1 is 1.14 bits per heavy atom. The third-order valence-electron chi connectivity index (χ3n) is 5.09. The SMILES string of the molecule is CC(C)C[C@H](NP(=O)(O)OCOC(=O)C(C)(C)C)C(=O)N[C@@H](Cc1c[nH]c2ccccc12)C(=O)O. The number of aliphatic carboxylic acids is 1. The summed E-state index contributed by atoms with van der Waals surface area (Å²) < 4.78 is 22.1. The highest BCUT2D eigenvalue weighted by atomic mass is 31.2. The van der Waals surface area contributed by atoms with Gasteiger partial charge >= 0.3 is 19.7 Å². The zero-order chi connectivity index (χ0) is 26.4. The predicted octanol–water partition coefficient (Wildman–Crippen LogP) is 2.95. The Labute approximate surface area is 204 Å². The molecule has 3 atom stereocenters. The van der Waals surface area contributed by atoms with E-state index in [9.17, 15) is 28.9 Å². The van der Waals surface area contributed by atoms with Crippen molar-refractivity contribution in [3.05, 3.63) is 36.0 Å². The lowest BCUT2D eigenvalue weighted by atomic mass is 9.98. The highest BCUT2D eigenvalue weighted by Crippen LogP contribution is 2.38. The van der Waals surface area contributed by atoms with E-state index in [0.29, 0.717) is 5.56 Å². The molecule has 35 heavy (non-hydrogen) atoms. The van der Waals surface area contributed by atoms with Crippen molar-refractivity contribution < 1.29 is 38.2 Å². The molecule has 1 unspecified atom stereocenters. The molecule has 5 N–H and O–H groups in total. The predicted molar refractivity (Wildman–Crippen MR) is 129 cm³/mol. The maximum Gasteiger partial charge on any atom is 0.406 e. The number of amides is 1. The number of H-pyrrole nitrogens is 1. The van der Waals surface area contributed by atoms with E-state index in [2.05, 4.69) is 15.4 Å². The number of carbonyl (C=O) groups excluding carboxylic acids is 2. The topological polar surface area (TPSA) is 167 Å². The van der Waals surface area contributed by atoms with Crippen LogP contribution in [0.2, 0.25) is 0 Å². The Morgan fingerprint density at radius 2 is 1.80 bits per heavy atom. The molecule has 1 aromatic carbocycles. The fraction of sp³-hybridized carbons (Fsp3) is 0.522. The van der Waals surface area contributed by atoms with Crippen molar-refractivity contribution in [1.82, 2.24) is 15.4 Å². The maximum absolute atomic E-state index is 13.0. The van der Waals surface area contributed by atoms with E-state index in [1.165, 1.54) is 0 Å². The zero-order valence-electron chi connectivity index (χ0n) is 20.5. The fourth-order valence-corrected chi connectivity index (χ4v) is 4.17. The van der Waals surface area contributed by atoms with Gasteiger partial charge in [0.05, 0.1) is 11.5 Å². The second-order valence-electron chi connectivity index (χ2n) is 9.72. The molecule has 1 aromatic heterocycles. The van der Waals surface area contributed by atoms with Gasteiger partial charge in [-0.15, -0.1) is 0 Å². The lowest BCUT2D eigenvalue weighted by Crippen LogP contribution is -2.50. The van der Waals surface area contributed by atoms with Gasteiger partial charge in [-0.1, -0.05) is 32.0 Å². The molecule has 0 saturated carbocycles. The molecule has 11 nitrogen and oxygen atoms in total. The molecule has 2 rings (SSSR count). The lowest BCUT2D eigenvalue weighted by molar-refractivity contribution is -0.160. The second kappa shape index (κ2) is 11.8. The number of esters is 1. The molecular weight excluding hydrogens is 477 g/mol. The Balaban J connectivity index is 2.08. The summed E-state index contributed by atoms with van der Waals surface area (Å²) in [5, 5.41) is 15.2. The average molecular weight is 512 g/mol. The molecule has 0 fully saturated rings. The monoisotopic (exact) mass is 511 g/mol. The number of carbonyl (C=O) groups is 3. The van der Waals surface area contributed by atoms with Crippen LogP contribution in [0.5, 0.6) is 0 Å². The van der Waals surface area contributed by atoms with Gasteiger partial charge in [-0.3, -0.25) is 14.1 Å². The number of carboxylic acids is 1. The highest BCUT2D eigenvalue weighted by molar-refractivity contribution is 7.50. The Kier molecular flexibility index (Phi) is 9.62. The number of hydrogen-bond acceptors (Lipinski definition) is 6. The molecule has 0 spiro atoms. The molecule has 1 heterocycles. The van der Waals surface area contributed by atoms with Crippen LogP contribution in [0.4, 0.5) is 0 Å². The van der Waals surface area contributed by atoms with E-state index in [0.717, 1.165) is 10.9 Å². The molecule has 1 amide bonds. The van der Waals surface area contributed by atoms with Gasteiger partial charge in [0.1, 0.15) is 6.04 Å². The van der Waals surface area contributed by atoms with Gasteiger partial charge in [-0.25, -0.2) is 14.4 Å². The third-order valence-corrected chi connectivity index (χ3v) is 6.18. The number of benzene rings is 1. The molecule has 0 aliphatic rings. The Bertz CT molecular complexity index is 1090. The van der Waals surface area contributed by atoms with Crippen molar-refractivity contribution >= 4 is 36.5 Å². The minimum absolute atomic E-state index is 0.00945. The third kappa shape index (κ3) is 8.78. The normalized spacial score (nSPS) is 15.4. The summed E-state index contributed by atoms with van der Waals surface area (Å²) in [5.74, 6) is -2.72. The van der Waals surface area contributed by atoms with Gasteiger partial charge in [-0.05, 0) is 44.7 Å². The summed E-state index contributed by atoms with van der Waals surface area (Å²) in [5.41, 5.74) is 0.716. The van der Waals surface area contributed by atoms with Gasteiger partial charge in [0.25, 0.3) is 0 Å². The van der Waals surface area contributed by atoms with Crippen LogP contribution in [0.25, 0.3) is 10.9 Å². The molecule has 0 aliphatic heterocycles. The Hall–Kier alpha value is -2.72. The van der Waals surface area contributed by atoms with Crippen LogP contribution in [0.3, 0.4) is 0 Å². The van der Waals surface area contributed by atoms with Crippen molar-refractivity contribution in [2.24, 2.45) is 11.3 Å². The summed E-state index contributed by atoms with van der Waals surface area (Å²) in [6, 6.07) is 4.87. The molecule has 2 aromatic rings. The van der Waals surface area contributed by atoms with E-state index in [1.54, 1.807) is 40.8 Å². The summed E-state index contributed by atoms with van der Waals surface area (Å²) in [6.07, 6.45) is 1.82. The molecule has 0 radical (unpaired) electrons. The molecule has 12 heteroatoms. The number of aromatic amines is 1. The maximum atomic E-state index is 13.0. The van der Waals surface area contributed by atoms with Crippen molar-refractivity contribution in [3.8, 4) is 0 Å². The van der Waals surface area contributed by atoms with Crippen molar-refractivity contribution in [2.45, 2.75) is 59.5 Å². The fourth-order valence-electron chi connectivity index (χ4n) is 3.28. The van der Waals surface area contributed by atoms with Gasteiger partial charge < -0.3 is 25.0 Å². The first-order chi connectivity index (χ1) is 16.2. The van der Waals surface area contributed by atoms with Crippen LogP contribution in [-0.2, 0) is 34.6 Å². The number of carboxylic acid groups (broad SMARTS) is 1. The van der Waals surface area contributed by atoms with E-state index in [4.69, 9.17) is 9.26 Å². The van der Waals surface area contributed by atoms with E-state index >= 15 is 0 Å². The van der Waals surface area contributed by atoms with Gasteiger partial charge in [0.2, 0.25) is 12.7 Å². The van der Waals surface area contributed by atoms with Crippen LogP contribution in [0.1, 0.15) is 46.6 Å². The highest BCUT2D eigenvalue weighted by Gasteiger charge is 2.33. The molecule has 0 bridgehead atoms. The quantitative estimate of drug-likeness (QED) is 0.163. The van der Waals surface area contributed by atoms with E-state index < -0.39 is 49.9 Å². The lowest BCUT2D eigenvalue weighted by Gasteiger charge is -2.25. The number of para-hydroxylation sites is 1. The minimum atomic E-state index is -4.56. The standard InChI is InChI=1S/C23H34N3O8P/c1-14(2)10-18(26-35(31,32)34-13-33-22(30)23(3,4)5)20(27)25-19(21(28)29)11-15-12-24-17-9-7-6-8-16(15)17/h6-9,12,14,18-19,24H,10-11,13H2,1-5H3,(H,25,27)(H,28,29)(H2,26,31,32)/t18-,19-/m0/s1. The number of hydrogen-bond donors (Lipinski definition) is 5. The van der Waals surface area contributed by atoms with Crippen LogP contribution >= 0.6 is 7.75 Å². The smallest absolute Gasteiger partial charge is 0.406 e. The number of aromatic nitrogens is 1. The molecule has 0 saturated heterocycles. The van der Waals surface area contributed by atoms with E-state index in [-0.39, 0.29) is 18.8 Å². The minimum Gasteiger partial charge on any atom is -0.480 e. The van der Waals surface area contributed by atoms with Crippen LogP contribution in [-0.4, -0.2) is 51.7 Å². The molecule has 194 valence electrons. The molecular formula is C23H34N3O8P. The van der Waals surface area contributed by atoms with Gasteiger partial charge in [0.15, 0.2) is 0 Å². The summed E-state index contributed by atoms with van der Waals surface area (Å²) in [6.45, 7) is 7.66. The first-order valence-corrected chi connectivity index (χ1v) is 12.8. The molecule has 0 aliphatic carbocycles. The number of rotatable bonds is 12.